The van der Waals surface area contributed by atoms with Gasteiger partial charge in [-0.3, -0.25) is 4.79 Å². The number of carbonyl (C=O) groups excluding carboxylic acids is 1. The molecule has 1 aromatic heterocycles. The average molecular weight is 361 g/mol. The minimum absolute atomic E-state index is 0.0381. The van der Waals surface area contributed by atoms with Gasteiger partial charge in [-0.1, -0.05) is 78.4 Å². The smallest absolute Gasteiger partial charge is 0.193 e. The van der Waals surface area contributed by atoms with E-state index in [1.165, 1.54) is 10.9 Å². The fourth-order valence-corrected chi connectivity index (χ4v) is 3.92. The van der Waals surface area contributed by atoms with Crippen LogP contribution in [0.15, 0.2) is 91.0 Å². The molecule has 4 aromatic carbocycles. The molecule has 0 aliphatic carbocycles. The van der Waals surface area contributed by atoms with Crippen LogP contribution in [0.1, 0.15) is 21.5 Å². The number of aryl methyl sites for hydroxylation is 1. The highest BCUT2D eigenvalue weighted by molar-refractivity contribution is 6.20. The summed E-state index contributed by atoms with van der Waals surface area (Å²) in [6.45, 7) is 2.10. The van der Waals surface area contributed by atoms with Gasteiger partial charge in [-0.25, -0.2) is 0 Å². The molecule has 2 heteroatoms. The molecule has 0 radical (unpaired) electrons. The van der Waals surface area contributed by atoms with E-state index in [2.05, 4.69) is 48.3 Å². The van der Waals surface area contributed by atoms with Crippen molar-refractivity contribution in [3.63, 3.8) is 0 Å². The van der Waals surface area contributed by atoms with Gasteiger partial charge in [0, 0.05) is 33.0 Å². The van der Waals surface area contributed by atoms with Gasteiger partial charge in [0.25, 0.3) is 0 Å². The lowest BCUT2D eigenvalue weighted by atomic mass is 9.91. The van der Waals surface area contributed by atoms with Crippen LogP contribution >= 0.6 is 0 Å². The maximum atomic E-state index is 13.3. The lowest BCUT2D eigenvalue weighted by Gasteiger charge is -2.11. The van der Waals surface area contributed by atoms with Gasteiger partial charge in [-0.2, -0.15) is 0 Å². The Hall–Kier alpha value is -3.65. The first kappa shape index (κ1) is 16.5. The van der Waals surface area contributed by atoms with Crippen LogP contribution in [-0.4, -0.2) is 10.8 Å². The van der Waals surface area contributed by atoms with Crippen LogP contribution in [0.4, 0.5) is 0 Å². The maximum absolute atomic E-state index is 13.3. The Morgan fingerprint density at radius 2 is 1.46 bits per heavy atom. The van der Waals surface area contributed by atoms with Crippen molar-refractivity contribution < 1.29 is 4.79 Å². The Bertz CT molecular complexity index is 1310. The number of hydrogen-bond acceptors (Lipinski definition) is 1. The number of rotatable bonds is 3. The summed E-state index contributed by atoms with van der Waals surface area (Å²) in [6, 6.07) is 30.1. The van der Waals surface area contributed by atoms with Gasteiger partial charge in [0.05, 0.1) is 5.52 Å². The van der Waals surface area contributed by atoms with Crippen LogP contribution < -0.4 is 0 Å². The molecule has 0 spiro atoms. The highest BCUT2D eigenvalue weighted by Gasteiger charge is 2.19. The summed E-state index contributed by atoms with van der Waals surface area (Å²) in [5, 5.41) is 2.33. The molecule has 5 aromatic rings. The number of fused-ring (bicyclic) bond motifs is 3. The predicted octanol–water partition coefficient (Wildman–Crippen LogP) is 6.53. The van der Waals surface area contributed by atoms with Crippen molar-refractivity contribution in [3.05, 3.63) is 108 Å². The molecule has 5 rings (SSSR count). The van der Waals surface area contributed by atoms with Crippen molar-refractivity contribution in [2.75, 3.05) is 0 Å². The van der Waals surface area contributed by atoms with E-state index in [0.29, 0.717) is 11.1 Å². The fraction of sp³-hybridized carbons (Fsp3) is 0.0385. The van der Waals surface area contributed by atoms with Gasteiger partial charge in [0.1, 0.15) is 0 Å². The molecular formula is C26H19NO. The summed E-state index contributed by atoms with van der Waals surface area (Å²) in [4.78, 5) is 16.9. The van der Waals surface area contributed by atoms with E-state index in [-0.39, 0.29) is 5.78 Å². The molecule has 0 atom stereocenters. The SMILES string of the molecule is Cc1ccc2[nH]c3c(-c4ccccc4)c(C(=O)c4ccccc4)ccc3c2c1. The zero-order valence-electron chi connectivity index (χ0n) is 15.6. The Kier molecular flexibility index (Phi) is 3.84. The van der Waals surface area contributed by atoms with Crippen LogP contribution in [0.2, 0.25) is 0 Å². The number of benzene rings is 4. The number of aromatic amines is 1. The molecule has 0 unspecified atom stereocenters. The summed E-state index contributed by atoms with van der Waals surface area (Å²) in [5.74, 6) is 0.0381. The molecular weight excluding hydrogens is 342 g/mol. The van der Waals surface area contributed by atoms with Gasteiger partial charge in [0.15, 0.2) is 5.78 Å². The third-order valence-electron chi connectivity index (χ3n) is 5.27. The molecule has 0 bridgehead atoms. The summed E-state index contributed by atoms with van der Waals surface area (Å²) >= 11 is 0. The third-order valence-corrected chi connectivity index (χ3v) is 5.27. The van der Waals surface area contributed by atoms with Crippen molar-refractivity contribution in [3.8, 4) is 11.1 Å². The molecule has 28 heavy (non-hydrogen) atoms. The predicted molar refractivity (Wildman–Crippen MR) is 116 cm³/mol. The highest BCUT2D eigenvalue weighted by atomic mass is 16.1. The molecule has 1 N–H and O–H groups in total. The zero-order valence-corrected chi connectivity index (χ0v) is 15.6. The molecule has 0 fully saturated rings. The molecule has 0 aliphatic heterocycles. The molecule has 0 saturated carbocycles. The first-order valence-corrected chi connectivity index (χ1v) is 9.42. The summed E-state index contributed by atoms with van der Waals surface area (Å²) in [7, 11) is 0. The second-order valence-electron chi connectivity index (χ2n) is 7.15. The summed E-state index contributed by atoms with van der Waals surface area (Å²) in [5.41, 5.74) is 6.73. The highest BCUT2D eigenvalue weighted by Crippen LogP contribution is 2.37. The molecule has 0 saturated heterocycles. The second kappa shape index (κ2) is 6.50. The Morgan fingerprint density at radius 3 is 2.21 bits per heavy atom. The number of H-pyrrole nitrogens is 1. The monoisotopic (exact) mass is 361 g/mol. The number of hydrogen-bond donors (Lipinski definition) is 1. The summed E-state index contributed by atoms with van der Waals surface area (Å²) in [6.07, 6.45) is 0. The lowest BCUT2D eigenvalue weighted by Crippen LogP contribution is -2.04. The van der Waals surface area contributed by atoms with Crippen molar-refractivity contribution in [2.45, 2.75) is 6.92 Å². The number of nitrogens with one attached hydrogen (secondary N) is 1. The van der Waals surface area contributed by atoms with E-state index < -0.39 is 0 Å². The molecule has 0 aliphatic rings. The minimum atomic E-state index is 0.0381. The van der Waals surface area contributed by atoms with E-state index in [4.69, 9.17) is 0 Å². The Balaban J connectivity index is 1.86. The molecule has 1 heterocycles. The van der Waals surface area contributed by atoms with E-state index in [1.54, 1.807) is 0 Å². The minimum Gasteiger partial charge on any atom is -0.354 e. The van der Waals surface area contributed by atoms with Gasteiger partial charge in [0.2, 0.25) is 0 Å². The Morgan fingerprint density at radius 1 is 0.750 bits per heavy atom. The average Bonchev–Trinajstić information content (AvgIpc) is 3.11. The van der Waals surface area contributed by atoms with Gasteiger partial charge >= 0.3 is 0 Å². The van der Waals surface area contributed by atoms with Crippen molar-refractivity contribution >= 4 is 27.6 Å². The maximum Gasteiger partial charge on any atom is 0.193 e. The number of carbonyl (C=O) groups is 1. The van der Waals surface area contributed by atoms with Crippen LogP contribution in [0, 0.1) is 6.92 Å². The quantitative estimate of drug-likeness (QED) is 0.364. The van der Waals surface area contributed by atoms with E-state index in [1.807, 2.05) is 54.6 Å². The van der Waals surface area contributed by atoms with Crippen LogP contribution in [0.5, 0.6) is 0 Å². The van der Waals surface area contributed by atoms with Gasteiger partial charge < -0.3 is 4.98 Å². The van der Waals surface area contributed by atoms with Crippen molar-refractivity contribution in [1.82, 2.24) is 4.98 Å². The zero-order chi connectivity index (χ0) is 19.1. The normalized spacial score (nSPS) is 11.2. The van der Waals surface area contributed by atoms with Crippen LogP contribution in [0.3, 0.4) is 0 Å². The number of aromatic nitrogens is 1. The van der Waals surface area contributed by atoms with Crippen LogP contribution in [0.25, 0.3) is 32.9 Å². The largest absolute Gasteiger partial charge is 0.354 e. The number of ketones is 1. The van der Waals surface area contributed by atoms with E-state index in [9.17, 15) is 4.79 Å². The second-order valence-corrected chi connectivity index (χ2v) is 7.15. The standard InChI is InChI=1S/C26H19NO/c1-17-12-15-23-22(16-17)20-13-14-21(26(28)19-10-6-3-7-11-19)24(25(20)27-23)18-8-4-2-5-9-18/h2-16,27H,1H3. The lowest BCUT2D eigenvalue weighted by molar-refractivity contribution is 0.103. The van der Waals surface area contributed by atoms with E-state index in [0.717, 1.165) is 27.5 Å². The first-order chi connectivity index (χ1) is 13.7. The Labute approximate surface area is 163 Å². The van der Waals surface area contributed by atoms with Gasteiger partial charge in [-0.05, 0) is 30.7 Å². The topological polar surface area (TPSA) is 32.9 Å². The third kappa shape index (κ3) is 2.62. The van der Waals surface area contributed by atoms with Gasteiger partial charge in [-0.15, -0.1) is 0 Å². The van der Waals surface area contributed by atoms with Crippen molar-refractivity contribution in [2.24, 2.45) is 0 Å². The van der Waals surface area contributed by atoms with Crippen LogP contribution in [-0.2, 0) is 0 Å². The van der Waals surface area contributed by atoms with Crippen molar-refractivity contribution in [1.29, 1.82) is 0 Å². The molecule has 2 nitrogen and oxygen atoms in total. The molecule has 134 valence electrons. The summed E-state index contributed by atoms with van der Waals surface area (Å²) < 4.78 is 0. The van der Waals surface area contributed by atoms with E-state index >= 15 is 0 Å². The first-order valence-electron chi connectivity index (χ1n) is 9.42. The molecule has 0 amide bonds. The fourth-order valence-electron chi connectivity index (χ4n) is 3.92.